The SMILES string of the molecule is CC(=O)[C@@H]1CC2=C(C[C@H](c3ccccc3)[C@@H]1O[Si](C(C)C)(C(C)C)C(C)C)C(=O)OC2=O. The number of benzene rings is 1. The maximum absolute atomic E-state index is 13.0. The Labute approximate surface area is 192 Å². The molecule has 3 rings (SSSR count). The molecule has 0 radical (unpaired) electrons. The van der Waals surface area contributed by atoms with Gasteiger partial charge in [0.1, 0.15) is 5.78 Å². The van der Waals surface area contributed by atoms with Gasteiger partial charge in [0, 0.05) is 23.0 Å². The van der Waals surface area contributed by atoms with Crippen LogP contribution in [0.5, 0.6) is 0 Å². The molecule has 1 heterocycles. The summed E-state index contributed by atoms with van der Waals surface area (Å²) in [5.74, 6) is -1.91. The van der Waals surface area contributed by atoms with Gasteiger partial charge < -0.3 is 9.16 Å². The van der Waals surface area contributed by atoms with E-state index in [9.17, 15) is 14.4 Å². The average Bonchev–Trinajstić information content (AvgIpc) is 2.87. The third-order valence-electron chi connectivity index (χ3n) is 7.48. The lowest BCUT2D eigenvalue weighted by molar-refractivity contribution is -0.151. The van der Waals surface area contributed by atoms with Crippen LogP contribution in [0.15, 0.2) is 41.5 Å². The van der Waals surface area contributed by atoms with Crippen LogP contribution in [0.4, 0.5) is 0 Å². The van der Waals surface area contributed by atoms with Crippen molar-refractivity contribution in [3.8, 4) is 0 Å². The fourth-order valence-corrected chi connectivity index (χ4v) is 11.6. The number of ether oxygens (including phenoxy) is 1. The van der Waals surface area contributed by atoms with Crippen LogP contribution in [0.2, 0.25) is 16.6 Å². The van der Waals surface area contributed by atoms with E-state index in [-0.39, 0.29) is 18.1 Å². The number of carbonyl (C=O) groups excluding carboxylic acids is 3. The van der Waals surface area contributed by atoms with E-state index in [0.29, 0.717) is 34.2 Å². The van der Waals surface area contributed by atoms with Gasteiger partial charge in [-0.2, -0.15) is 0 Å². The van der Waals surface area contributed by atoms with Gasteiger partial charge in [-0.15, -0.1) is 0 Å². The zero-order valence-electron chi connectivity index (χ0n) is 20.3. The molecule has 0 amide bonds. The molecule has 0 saturated carbocycles. The highest BCUT2D eigenvalue weighted by molar-refractivity contribution is 6.77. The van der Waals surface area contributed by atoms with Crippen molar-refractivity contribution in [2.45, 2.75) is 90.0 Å². The van der Waals surface area contributed by atoms with Crippen molar-refractivity contribution in [2.24, 2.45) is 5.92 Å². The summed E-state index contributed by atoms with van der Waals surface area (Å²) in [6.07, 6.45) is 0.138. The van der Waals surface area contributed by atoms with Crippen LogP contribution >= 0.6 is 0 Å². The summed E-state index contributed by atoms with van der Waals surface area (Å²) < 4.78 is 12.2. The van der Waals surface area contributed by atoms with Crippen molar-refractivity contribution in [1.29, 1.82) is 0 Å². The normalized spacial score (nSPS) is 24.2. The molecule has 0 spiro atoms. The zero-order chi connectivity index (χ0) is 23.8. The van der Waals surface area contributed by atoms with E-state index >= 15 is 0 Å². The highest BCUT2D eigenvalue weighted by Gasteiger charge is 2.52. The Morgan fingerprint density at radius 2 is 1.41 bits per heavy atom. The van der Waals surface area contributed by atoms with Gasteiger partial charge in [-0.1, -0.05) is 71.9 Å². The van der Waals surface area contributed by atoms with E-state index in [2.05, 4.69) is 41.5 Å². The molecule has 1 aromatic rings. The summed E-state index contributed by atoms with van der Waals surface area (Å²) in [6, 6.07) is 9.92. The lowest BCUT2D eigenvalue weighted by Gasteiger charge is -2.47. The molecule has 0 saturated heterocycles. The highest BCUT2D eigenvalue weighted by atomic mass is 28.4. The fraction of sp³-hybridized carbons (Fsp3) is 0.577. The number of cyclic esters (lactones) is 2. The Morgan fingerprint density at radius 1 is 0.906 bits per heavy atom. The second-order valence-corrected chi connectivity index (χ2v) is 15.6. The van der Waals surface area contributed by atoms with Gasteiger partial charge in [-0.3, -0.25) is 4.79 Å². The molecule has 0 aromatic heterocycles. The van der Waals surface area contributed by atoms with E-state index in [0.717, 1.165) is 5.56 Å². The van der Waals surface area contributed by atoms with Crippen molar-refractivity contribution >= 4 is 26.0 Å². The van der Waals surface area contributed by atoms with E-state index in [1.807, 2.05) is 30.3 Å². The summed E-state index contributed by atoms with van der Waals surface area (Å²) >= 11 is 0. The second kappa shape index (κ2) is 9.44. The number of hydrogen-bond acceptors (Lipinski definition) is 5. The topological polar surface area (TPSA) is 69.7 Å². The third kappa shape index (κ3) is 4.27. The monoisotopic (exact) mass is 456 g/mol. The number of hydrogen-bond donors (Lipinski definition) is 0. The average molecular weight is 457 g/mol. The number of ketones is 1. The highest BCUT2D eigenvalue weighted by Crippen LogP contribution is 2.49. The first-order chi connectivity index (χ1) is 15.0. The van der Waals surface area contributed by atoms with E-state index in [1.165, 1.54) is 0 Å². The predicted octanol–water partition coefficient (Wildman–Crippen LogP) is 5.71. The maximum atomic E-state index is 13.0. The molecular weight excluding hydrogens is 420 g/mol. The molecule has 2 aliphatic rings. The molecule has 1 aliphatic carbocycles. The van der Waals surface area contributed by atoms with Crippen molar-refractivity contribution in [3.05, 3.63) is 47.0 Å². The molecular formula is C26H36O5Si. The molecule has 3 atom stereocenters. The largest absolute Gasteiger partial charge is 0.412 e. The smallest absolute Gasteiger partial charge is 0.342 e. The standard InChI is InChI=1S/C26H36O5Si/c1-15(2)32(16(3)4,17(5)6)31-24-20(18(7)27)13-22-23(26(29)30-25(22)28)14-21(24)19-11-9-8-10-12-19/h8-12,15-17,20-21,24H,13-14H2,1-7H3/t20-,21+,24+/m0/s1. The van der Waals surface area contributed by atoms with Crippen molar-refractivity contribution in [1.82, 2.24) is 0 Å². The third-order valence-corrected chi connectivity index (χ3v) is 13.6. The molecule has 6 heteroatoms. The molecule has 0 fully saturated rings. The first kappa shape index (κ1) is 24.6. The minimum Gasteiger partial charge on any atom is -0.412 e. The lowest BCUT2D eigenvalue weighted by Crippen LogP contribution is -2.53. The van der Waals surface area contributed by atoms with Crippen LogP contribution in [0.25, 0.3) is 0 Å². The van der Waals surface area contributed by atoms with Gasteiger partial charge in [0.05, 0.1) is 6.10 Å². The second-order valence-electron chi connectivity index (χ2n) is 10.2. The summed E-state index contributed by atoms with van der Waals surface area (Å²) in [6.45, 7) is 14.9. The van der Waals surface area contributed by atoms with Gasteiger partial charge >= 0.3 is 11.9 Å². The van der Waals surface area contributed by atoms with Gasteiger partial charge in [0.2, 0.25) is 8.32 Å². The number of esters is 2. The summed E-state index contributed by atoms with van der Waals surface area (Å²) in [5, 5.41) is 0. The van der Waals surface area contributed by atoms with E-state index in [1.54, 1.807) is 6.92 Å². The number of carbonyl (C=O) groups is 3. The number of Topliss-reactive ketones (excluding diaryl/α,β-unsaturated/α-hetero) is 1. The van der Waals surface area contributed by atoms with Crippen LogP contribution in [-0.2, 0) is 23.5 Å². The Bertz CT molecular complexity index is 894. The molecule has 0 bridgehead atoms. The Balaban J connectivity index is 2.18. The molecule has 32 heavy (non-hydrogen) atoms. The molecule has 0 N–H and O–H groups in total. The van der Waals surface area contributed by atoms with Crippen molar-refractivity contribution < 1.29 is 23.5 Å². The van der Waals surface area contributed by atoms with Crippen LogP contribution < -0.4 is 0 Å². The molecule has 0 unspecified atom stereocenters. The van der Waals surface area contributed by atoms with Gasteiger partial charge in [-0.05, 0) is 42.0 Å². The Hall–Kier alpha value is -2.05. The maximum Gasteiger partial charge on any atom is 0.342 e. The van der Waals surface area contributed by atoms with Crippen LogP contribution in [0.3, 0.4) is 0 Å². The fourth-order valence-electron chi connectivity index (χ4n) is 6.01. The quantitative estimate of drug-likeness (QED) is 0.299. The lowest BCUT2D eigenvalue weighted by atomic mass is 9.82. The molecule has 174 valence electrons. The predicted molar refractivity (Wildman–Crippen MR) is 127 cm³/mol. The first-order valence-corrected chi connectivity index (χ1v) is 13.9. The summed E-state index contributed by atoms with van der Waals surface area (Å²) in [5.41, 5.74) is 2.83. The van der Waals surface area contributed by atoms with E-state index < -0.39 is 32.3 Å². The van der Waals surface area contributed by atoms with Crippen molar-refractivity contribution in [3.63, 3.8) is 0 Å². The van der Waals surface area contributed by atoms with Crippen LogP contribution in [0.1, 0.15) is 72.8 Å². The minimum atomic E-state index is -2.34. The summed E-state index contributed by atoms with van der Waals surface area (Å²) in [7, 11) is -2.34. The van der Waals surface area contributed by atoms with Crippen LogP contribution in [0, 0.1) is 5.92 Å². The molecule has 1 aromatic carbocycles. The Kier molecular flexibility index (Phi) is 7.25. The van der Waals surface area contributed by atoms with E-state index in [4.69, 9.17) is 9.16 Å². The van der Waals surface area contributed by atoms with Gasteiger partial charge in [0.15, 0.2) is 0 Å². The number of rotatable bonds is 7. The minimum absolute atomic E-state index is 0.0176. The molecule has 1 aliphatic heterocycles. The molecule has 5 nitrogen and oxygen atoms in total. The Morgan fingerprint density at radius 3 is 1.88 bits per heavy atom. The van der Waals surface area contributed by atoms with Gasteiger partial charge in [-0.25, -0.2) is 9.59 Å². The van der Waals surface area contributed by atoms with Crippen molar-refractivity contribution in [2.75, 3.05) is 0 Å². The first-order valence-electron chi connectivity index (χ1n) is 11.7. The van der Waals surface area contributed by atoms with Gasteiger partial charge in [0.25, 0.3) is 0 Å². The zero-order valence-corrected chi connectivity index (χ0v) is 21.3. The summed E-state index contributed by atoms with van der Waals surface area (Å²) in [4.78, 5) is 38.0. The van der Waals surface area contributed by atoms with Crippen LogP contribution in [-0.4, -0.2) is 32.1 Å².